The van der Waals surface area contributed by atoms with Crippen LogP contribution in [-0.2, 0) is 4.79 Å². The van der Waals surface area contributed by atoms with Crippen molar-refractivity contribution in [3.63, 3.8) is 0 Å². The summed E-state index contributed by atoms with van der Waals surface area (Å²) in [4.78, 5) is 11.1. The fourth-order valence-corrected chi connectivity index (χ4v) is 2.37. The van der Waals surface area contributed by atoms with Crippen molar-refractivity contribution in [2.75, 3.05) is 5.32 Å². The lowest BCUT2D eigenvalue weighted by Crippen LogP contribution is -2.26. The first-order valence-corrected chi connectivity index (χ1v) is 6.14. The fraction of sp³-hybridized carbons (Fsp3) is 0.417. The lowest BCUT2D eigenvalue weighted by atomic mass is 9.94. The van der Waals surface area contributed by atoms with E-state index in [2.05, 4.69) is 5.32 Å². The molecule has 1 aromatic rings. The number of hydrogen-bond acceptors (Lipinski definition) is 2. The van der Waals surface area contributed by atoms with Crippen LogP contribution in [0.3, 0.4) is 0 Å². The molecule has 2 rings (SSSR count). The Hall–Kier alpha value is -0.730. The average Bonchev–Trinajstić information content (AvgIpc) is 2.25. The molecule has 1 aliphatic rings. The zero-order chi connectivity index (χ0) is 11.5. The van der Waals surface area contributed by atoms with Crippen LogP contribution in [0.5, 0.6) is 0 Å². The number of halogens is 2. The molecule has 0 saturated heterocycles. The number of hydrogen-bond donors (Lipinski definition) is 1. The van der Waals surface area contributed by atoms with Gasteiger partial charge in [0.15, 0.2) is 0 Å². The SMILES string of the molecule is O=C1CCC(Nc2ccc(Cl)cc2Cl)CC1. The minimum atomic E-state index is 0.344. The van der Waals surface area contributed by atoms with Crippen molar-refractivity contribution in [1.82, 2.24) is 0 Å². The molecule has 0 aliphatic heterocycles. The van der Waals surface area contributed by atoms with Crippen LogP contribution in [0, 0.1) is 0 Å². The first-order valence-electron chi connectivity index (χ1n) is 5.38. The van der Waals surface area contributed by atoms with E-state index in [9.17, 15) is 4.79 Å². The van der Waals surface area contributed by atoms with Gasteiger partial charge in [0.1, 0.15) is 5.78 Å². The molecule has 0 amide bonds. The molecule has 1 saturated carbocycles. The Labute approximate surface area is 105 Å². The zero-order valence-corrected chi connectivity index (χ0v) is 10.3. The highest BCUT2D eigenvalue weighted by Crippen LogP contribution is 2.28. The van der Waals surface area contributed by atoms with E-state index in [0.717, 1.165) is 18.5 Å². The van der Waals surface area contributed by atoms with Gasteiger partial charge in [-0.25, -0.2) is 0 Å². The highest BCUT2D eigenvalue weighted by Gasteiger charge is 2.18. The molecule has 1 aromatic carbocycles. The number of carbonyl (C=O) groups excluding carboxylic acids is 1. The number of benzene rings is 1. The maximum atomic E-state index is 11.1. The molecule has 0 unspecified atom stereocenters. The van der Waals surface area contributed by atoms with Gasteiger partial charge < -0.3 is 5.32 Å². The second-order valence-corrected chi connectivity index (χ2v) is 4.93. The van der Waals surface area contributed by atoms with E-state index in [1.165, 1.54) is 0 Å². The Morgan fingerprint density at radius 3 is 2.50 bits per heavy atom. The number of rotatable bonds is 2. The van der Waals surface area contributed by atoms with Crippen LogP contribution < -0.4 is 5.32 Å². The first kappa shape index (κ1) is 11.7. The molecule has 0 spiro atoms. The second-order valence-electron chi connectivity index (χ2n) is 4.08. The molecule has 0 bridgehead atoms. The molecule has 1 aliphatic carbocycles. The molecule has 2 nitrogen and oxygen atoms in total. The monoisotopic (exact) mass is 257 g/mol. The van der Waals surface area contributed by atoms with Gasteiger partial charge in [0.05, 0.1) is 10.7 Å². The highest BCUT2D eigenvalue weighted by molar-refractivity contribution is 6.36. The normalized spacial score (nSPS) is 17.5. The molecule has 1 N–H and O–H groups in total. The standard InChI is InChI=1S/C12H13Cl2NO/c13-8-1-6-12(11(14)7-8)15-9-2-4-10(16)5-3-9/h1,6-7,9,15H,2-5H2. The maximum absolute atomic E-state index is 11.1. The number of anilines is 1. The van der Waals surface area contributed by atoms with E-state index in [1.807, 2.05) is 12.1 Å². The third-order valence-electron chi connectivity index (χ3n) is 2.83. The van der Waals surface area contributed by atoms with Crippen molar-refractivity contribution in [3.8, 4) is 0 Å². The van der Waals surface area contributed by atoms with Gasteiger partial charge in [-0.15, -0.1) is 0 Å². The van der Waals surface area contributed by atoms with Gasteiger partial charge >= 0.3 is 0 Å². The quantitative estimate of drug-likeness (QED) is 0.871. The molecule has 1 fully saturated rings. The molecule has 0 heterocycles. The van der Waals surface area contributed by atoms with Crippen LogP contribution in [0.1, 0.15) is 25.7 Å². The third kappa shape index (κ3) is 2.89. The molecule has 86 valence electrons. The third-order valence-corrected chi connectivity index (χ3v) is 3.38. The van der Waals surface area contributed by atoms with Crippen LogP contribution >= 0.6 is 23.2 Å². The molecule has 0 atom stereocenters. The van der Waals surface area contributed by atoms with Crippen molar-refractivity contribution in [3.05, 3.63) is 28.2 Å². The van der Waals surface area contributed by atoms with Gasteiger partial charge in [0.25, 0.3) is 0 Å². The fourth-order valence-electron chi connectivity index (χ4n) is 1.91. The van der Waals surface area contributed by atoms with Crippen molar-refractivity contribution < 1.29 is 4.79 Å². The van der Waals surface area contributed by atoms with Crippen molar-refractivity contribution in [2.24, 2.45) is 0 Å². The van der Waals surface area contributed by atoms with E-state index in [0.29, 0.717) is 34.7 Å². The van der Waals surface area contributed by atoms with Gasteiger partial charge in [-0.3, -0.25) is 4.79 Å². The summed E-state index contributed by atoms with van der Waals surface area (Å²) in [5.74, 6) is 0.361. The number of ketones is 1. The van der Waals surface area contributed by atoms with Gasteiger partial charge in [0.2, 0.25) is 0 Å². The zero-order valence-electron chi connectivity index (χ0n) is 8.80. The lowest BCUT2D eigenvalue weighted by Gasteiger charge is -2.23. The Kier molecular flexibility index (Phi) is 3.72. The smallest absolute Gasteiger partial charge is 0.133 e. The molecule has 0 aromatic heterocycles. The number of nitrogens with one attached hydrogen (secondary N) is 1. The molecule has 16 heavy (non-hydrogen) atoms. The topological polar surface area (TPSA) is 29.1 Å². The highest BCUT2D eigenvalue weighted by atomic mass is 35.5. The predicted octanol–water partition coefficient (Wildman–Crippen LogP) is 3.92. The summed E-state index contributed by atoms with van der Waals surface area (Å²) < 4.78 is 0. The Morgan fingerprint density at radius 2 is 1.88 bits per heavy atom. The van der Waals surface area contributed by atoms with Gasteiger partial charge in [0, 0.05) is 23.9 Å². The number of Topliss-reactive ketones (excluding diaryl/α,β-unsaturated/α-hetero) is 1. The van der Waals surface area contributed by atoms with Crippen LogP contribution in [0.15, 0.2) is 18.2 Å². The van der Waals surface area contributed by atoms with E-state index in [4.69, 9.17) is 23.2 Å². The molecule has 0 radical (unpaired) electrons. The molecule has 4 heteroatoms. The Bertz CT molecular complexity index is 396. The van der Waals surface area contributed by atoms with E-state index in [1.54, 1.807) is 6.07 Å². The summed E-state index contributed by atoms with van der Waals surface area (Å²) in [6, 6.07) is 5.75. The average molecular weight is 258 g/mol. The Balaban J connectivity index is 2.01. The van der Waals surface area contributed by atoms with E-state index >= 15 is 0 Å². The van der Waals surface area contributed by atoms with Crippen LogP contribution in [-0.4, -0.2) is 11.8 Å². The van der Waals surface area contributed by atoms with Crippen LogP contribution in [0.25, 0.3) is 0 Å². The summed E-state index contributed by atoms with van der Waals surface area (Å²) in [5.41, 5.74) is 0.894. The summed E-state index contributed by atoms with van der Waals surface area (Å²) in [7, 11) is 0. The van der Waals surface area contributed by atoms with Crippen molar-refractivity contribution in [1.29, 1.82) is 0 Å². The van der Waals surface area contributed by atoms with Crippen LogP contribution in [0.2, 0.25) is 10.0 Å². The van der Waals surface area contributed by atoms with Crippen molar-refractivity contribution in [2.45, 2.75) is 31.7 Å². The summed E-state index contributed by atoms with van der Waals surface area (Å²) in [5, 5.41) is 4.62. The molecular formula is C12H13Cl2NO. The Morgan fingerprint density at radius 1 is 1.19 bits per heavy atom. The largest absolute Gasteiger partial charge is 0.381 e. The molecular weight excluding hydrogens is 245 g/mol. The number of carbonyl (C=O) groups is 1. The van der Waals surface area contributed by atoms with Crippen molar-refractivity contribution >= 4 is 34.7 Å². The first-order chi connectivity index (χ1) is 7.65. The minimum absolute atomic E-state index is 0.344. The van der Waals surface area contributed by atoms with Gasteiger partial charge in [-0.1, -0.05) is 23.2 Å². The van der Waals surface area contributed by atoms with Crippen LogP contribution in [0.4, 0.5) is 5.69 Å². The van der Waals surface area contributed by atoms with E-state index in [-0.39, 0.29) is 0 Å². The lowest BCUT2D eigenvalue weighted by molar-refractivity contribution is -0.120. The predicted molar refractivity (Wildman–Crippen MR) is 67.3 cm³/mol. The second kappa shape index (κ2) is 5.07. The van der Waals surface area contributed by atoms with Gasteiger partial charge in [-0.05, 0) is 31.0 Å². The minimum Gasteiger partial charge on any atom is -0.381 e. The van der Waals surface area contributed by atoms with E-state index < -0.39 is 0 Å². The summed E-state index contributed by atoms with van der Waals surface area (Å²) in [6.45, 7) is 0. The summed E-state index contributed by atoms with van der Waals surface area (Å²) >= 11 is 11.9. The maximum Gasteiger partial charge on any atom is 0.133 e. The van der Waals surface area contributed by atoms with Gasteiger partial charge in [-0.2, -0.15) is 0 Å². The summed E-state index contributed by atoms with van der Waals surface area (Å²) in [6.07, 6.45) is 3.11.